The smallest absolute Gasteiger partial charge is 0.201 e. The molecule has 6 nitrogen and oxygen atoms in total. The molecule has 0 heterocycles. The van der Waals surface area contributed by atoms with Gasteiger partial charge in [-0.2, -0.15) is 0 Å². The van der Waals surface area contributed by atoms with Crippen molar-refractivity contribution in [2.45, 2.75) is 6.42 Å². The highest BCUT2D eigenvalue weighted by Crippen LogP contribution is 2.43. The predicted molar refractivity (Wildman–Crippen MR) is 79.0 cm³/mol. The monoisotopic (exact) mass is 304 g/mol. The van der Waals surface area contributed by atoms with Gasteiger partial charge in [0, 0.05) is 12.5 Å². The first kappa shape index (κ1) is 15.5. The van der Waals surface area contributed by atoms with Crippen LogP contribution in [0.15, 0.2) is 30.3 Å². The van der Waals surface area contributed by atoms with Crippen molar-refractivity contribution < 1.29 is 29.6 Å². The standard InChI is InChI=1S/C16H16O6/c1-21-10-5-3-9(4-6-10)7-11(17)14-12(18)8-13(19)15(20)16(14)22-2/h3-6,8,18-20H,7H2,1-2H3. The number of methoxy groups -OCH3 is 2. The second-order valence-electron chi connectivity index (χ2n) is 4.62. The average molecular weight is 304 g/mol. The molecule has 0 bridgehead atoms. The second-order valence-corrected chi connectivity index (χ2v) is 4.62. The van der Waals surface area contributed by atoms with Crippen LogP contribution in [0.2, 0.25) is 0 Å². The van der Waals surface area contributed by atoms with Gasteiger partial charge in [0.2, 0.25) is 5.75 Å². The van der Waals surface area contributed by atoms with Gasteiger partial charge >= 0.3 is 0 Å². The molecule has 0 atom stereocenters. The number of Topliss-reactive ketones (excluding diaryl/α,β-unsaturated/α-hetero) is 1. The SMILES string of the molecule is COc1ccc(CC(=O)c2c(O)cc(O)c(O)c2OC)cc1. The Morgan fingerprint density at radius 1 is 1.00 bits per heavy atom. The zero-order valence-corrected chi connectivity index (χ0v) is 12.2. The number of phenolic OH excluding ortho intramolecular Hbond substituents is 3. The van der Waals surface area contributed by atoms with Gasteiger partial charge in [-0.3, -0.25) is 4.79 Å². The fourth-order valence-corrected chi connectivity index (χ4v) is 2.11. The molecule has 0 radical (unpaired) electrons. The molecule has 0 saturated heterocycles. The fraction of sp³-hybridized carbons (Fsp3) is 0.188. The Bertz CT molecular complexity index is 691. The van der Waals surface area contributed by atoms with Crippen LogP contribution in [0.3, 0.4) is 0 Å². The van der Waals surface area contributed by atoms with E-state index in [0.29, 0.717) is 11.3 Å². The van der Waals surface area contributed by atoms with E-state index in [-0.39, 0.29) is 17.7 Å². The van der Waals surface area contributed by atoms with Gasteiger partial charge in [0.25, 0.3) is 0 Å². The number of phenols is 3. The van der Waals surface area contributed by atoms with E-state index in [9.17, 15) is 20.1 Å². The van der Waals surface area contributed by atoms with E-state index in [4.69, 9.17) is 9.47 Å². The zero-order valence-electron chi connectivity index (χ0n) is 12.2. The van der Waals surface area contributed by atoms with Crippen molar-refractivity contribution in [3.05, 3.63) is 41.5 Å². The molecule has 0 spiro atoms. The molecule has 0 aromatic heterocycles. The maximum absolute atomic E-state index is 12.4. The summed E-state index contributed by atoms with van der Waals surface area (Å²) in [4.78, 5) is 12.4. The van der Waals surface area contributed by atoms with Crippen LogP contribution in [-0.4, -0.2) is 35.3 Å². The first-order chi connectivity index (χ1) is 10.5. The van der Waals surface area contributed by atoms with Crippen LogP contribution in [0.1, 0.15) is 15.9 Å². The van der Waals surface area contributed by atoms with Crippen LogP contribution in [0, 0.1) is 0 Å². The normalized spacial score (nSPS) is 10.3. The Labute approximate surface area is 127 Å². The summed E-state index contributed by atoms with van der Waals surface area (Å²) >= 11 is 0. The largest absolute Gasteiger partial charge is 0.507 e. The predicted octanol–water partition coefficient (Wildman–Crippen LogP) is 2.25. The highest BCUT2D eigenvalue weighted by atomic mass is 16.5. The molecule has 0 fully saturated rings. The molecule has 2 aromatic carbocycles. The Morgan fingerprint density at radius 3 is 2.18 bits per heavy atom. The summed E-state index contributed by atoms with van der Waals surface area (Å²) in [6.07, 6.45) is -0.00186. The highest BCUT2D eigenvalue weighted by Gasteiger charge is 2.23. The minimum Gasteiger partial charge on any atom is -0.507 e. The number of carbonyl (C=O) groups is 1. The lowest BCUT2D eigenvalue weighted by molar-refractivity contribution is 0.0986. The third kappa shape index (κ3) is 2.90. The van der Waals surface area contributed by atoms with Crippen LogP contribution in [0.25, 0.3) is 0 Å². The molecule has 6 heteroatoms. The van der Waals surface area contributed by atoms with Crippen molar-refractivity contribution in [2.75, 3.05) is 14.2 Å². The summed E-state index contributed by atoms with van der Waals surface area (Å²) in [5.41, 5.74) is 0.536. The first-order valence-electron chi connectivity index (χ1n) is 6.46. The molecular formula is C16H16O6. The van der Waals surface area contributed by atoms with E-state index in [0.717, 1.165) is 6.07 Å². The van der Waals surface area contributed by atoms with E-state index in [1.54, 1.807) is 31.4 Å². The molecule has 0 saturated carbocycles. The lowest BCUT2D eigenvalue weighted by atomic mass is 10.0. The Kier molecular flexibility index (Phi) is 4.41. The summed E-state index contributed by atoms with van der Waals surface area (Å²) in [5.74, 6) is -1.64. The third-order valence-corrected chi connectivity index (χ3v) is 3.22. The van der Waals surface area contributed by atoms with Crippen molar-refractivity contribution >= 4 is 5.78 Å². The summed E-state index contributed by atoms with van der Waals surface area (Å²) in [6, 6.07) is 7.78. The summed E-state index contributed by atoms with van der Waals surface area (Å²) < 4.78 is 9.96. The number of hydrogen-bond acceptors (Lipinski definition) is 6. The Balaban J connectivity index is 2.34. The number of aromatic hydroxyl groups is 3. The second kappa shape index (κ2) is 6.26. The molecule has 116 valence electrons. The highest BCUT2D eigenvalue weighted by molar-refractivity contribution is 6.03. The quantitative estimate of drug-likeness (QED) is 0.445. The molecule has 2 rings (SSSR count). The van der Waals surface area contributed by atoms with Gasteiger partial charge in [0.05, 0.1) is 14.2 Å². The minimum atomic E-state index is -0.585. The van der Waals surface area contributed by atoms with Crippen molar-refractivity contribution in [3.8, 4) is 28.7 Å². The molecule has 3 N–H and O–H groups in total. The molecule has 0 aliphatic carbocycles. The van der Waals surface area contributed by atoms with E-state index < -0.39 is 23.0 Å². The first-order valence-corrected chi connectivity index (χ1v) is 6.46. The molecule has 22 heavy (non-hydrogen) atoms. The van der Waals surface area contributed by atoms with Crippen LogP contribution < -0.4 is 9.47 Å². The van der Waals surface area contributed by atoms with Crippen molar-refractivity contribution in [3.63, 3.8) is 0 Å². The number of hydrogen-bond donors (Lipinski definition) is 3. The third-order valence-electron chi connectivity index (χ3n) is 3.22. The lowest BCUT2D eigenvalue weighted by Gasteiger charge is -2.12. The van der Waals surface area contributed by atoms with Crippen molar-refractivity contribution in [2.24, 2.45) is 0 Å². The van der Waals surface area contributed by atoms with E-state index >= 15 is 0 Å². The number of benzene rings is 2. The van der Waals surface area contributed by atoms with E-state index in [1.807, 2.05) is 0 Å². The number of ether oxygens (including phenoxy) is 2. The lowest BCUT2D eigenvalue weighted by Crippen LogP contribution is -2.06. The number of carbonyl (C=O) groups excluding carboxylic acids is 1. The molecule has 0 aliphatic heterocycles. The van der Waals surface area contributed by atoms with Gasteiger partial charge in [-0.25, -0.2) is 0 Å². The van der Waals surface area contributed by atoms with Crippen molar-refractivity contribution in [1.82, 2.24) is 0 Å². The van der Waals surface area contributed by atoms with E-state index in [2.05, 4.69) is 0 Å². The van der Waals surface area contributed by atoms with Gasteiger partial charge < -0.3 is 24.8 Å². The molecule has 0 aliphatic rings. The van der Waals surface area contributed by atoms with Crippen LogP contribution in [0.4, 0.5) is 0 Å². The summed E-state index contributed by atoms with van der Waals surface area (Å²) in [6.45, 7) is 0. The molecule has 2 aromatic rings. The van der Waals surface area contributed by atoms with Gasteiger partial charge in [-0.1, -0.05) is 12.1 Å². The summed E-state index contributed by atoms with van der Waals surface area (Å²) in [7, 11) is 2.78. The number of rotatable bonds is 5. The Morgan fingerprint density at radius 2 is 1.64 bits per heavy atom. The molecule has 0 unspecified atom stereocenters. The molecular weight excluding hydrogens is 288 g/mol. The van der Waals surface area contributed by atoms with Gasteiger partial charge in [-0.05, 0) is 17.7 Å². The average Bonchev–Trinajstić information content (AvgIpc) is 2.51. The zero-order chi connectivity index (χ0) is 16.3. The number of ketones is 1. The van der Waals surface area contributed by atoms with Gasteiger partial charge in [0.1, 0.15) is 17.1 Å². The van der Waals surface area contributed by atoms with E-state index in [1.165, 1.54) is 7.11 Å². The Hall–Kier alpha value is -2.89. The minimum absolute atomic E-state index is 0.00186. The van der Waals surface area contributed by atoms with Crippen LogP contribution >= 0.6 is 0 Å². The topological polar surface area (TPSA) is 96.2 Å². The van der Waals surface area contributed by atoms with Gasteiger partial charge in [0.15, 0.2) is 17.3 Å². The van der Waals surface area contributed by atoms with Crippen LogP contribution in [0.5, 0.6) is 28.7 Å². The maximum Gasteiger partial charge on any atom is 0.201 e. The van der Waals surface area contributed by atoms with Crippen molar-refractivity contribution in [1.29, 1.82) is 0 Å². The fourth-order valence-electron chi connectivity index (χ4n) is 2.11. The maximum atomic E-state index is 12.4. The van der Waals surface area contributed by atoms with Crippen LogP contribution in [-0.2, 0) is 6.42 Å². The van der Waals surface area contributed by atoms with Gasteiger partial charge in [-0.15, -0.1) is 0 Å². The summed E-state index contributed by atoms with van der Waals surface area (Å²) in [5, 5.41) is 29.0. The molecule has 0 amide bonds.